The molecule has 0 saturated carbocycles. The first-order chi connectivity index (χ1) is 11.4. The van der Waals surface area contributed by atoms with E-state index in [9.17, 15) is 14.4 Å². The first kappa shape index (κ1) is 20.3. The van der Waals surface area contributed by atoms with Crippen LogP contribution in [-0.4, -0.2) is 114 Å². The minimum atomic E-state index is -0.979. The first-order valence-corrected chi connectivity index (χ1v) is 7.77. The molecule has 0 aliphatic carbocycles. The van der Waals surface area contributed by atoms with Gasteiger partial charge in [0.05, 0.1) is 26.4 Å². The van der Waals surface area contributed by atoms with Crippen LogP contribution in [0.3, 0.4) is 0 Å². The Balaban J connectivity index is 2.68. The van der Waals surface area contributed by atoms with Crippen LogP contribution in [0.25, 0.3) is 0 Å². The molecule has 0 atom stereocenters. The SMILES string of the molecule is O=C(O)CN1CCCOCN(CC(=O)O)CCN(CC(=O)O)CC1. The van der Waals surface area contributed by atoms with Gasteiger partial charge >= 0.3 is 17.9 Å². The number of hydrogen-bond acceptors (Lipinski definition) is 7. The lowest BCUT2D eigenvalue weighted by Gasteiger charge is -2.29. The van der Waals surface area contributed by atoms with Crippen LogP contribution in [0.2, 0.25) is 0 Å². The van der Waals surface area contributed by atoms with Crippen molar-refractivity contribution in [1.82, 2.24) is 14.7 Å². The Morgan fingerprint density at radius 1 is 0.708 bits per heavy atom. The number of aliphatic carboxylic acids is 3. The van der Waals surface area contributed by atoms with E-state index in [1.165, 1.54) is 0 Å². The van der Waals surface area contributed by atoms with Gasteiger partial charge in [0, 0.05) is 39.3 Å². The average molecular weight is 347 g/mol. The van der Waals surface area contributed by atoms with Crippen LogP contribution in [0.4, 0.5) is 0 Å². The van der Waals surface area contributed by atoms with Gasteiger partial charge in [-0.3, -0.25) is 29.1 Å². The number of carbonyl (C=O) groups is 3. The van der Waals surface area contributed by atoms with Crippen molar-refractivity contribution in [3.05, 3.63) is 0 Å². The third-order valence-electron chi connectivity index (χ3n) is 3.58. The van der Waals surface area contributed by atoms with Gasteiger partial charge in [0.15, 0.2) is 0 Å². The third kappa shape index (κ3) is 9.40. The zero-order chi connectivity index (χ0) is 17.9. The van der Waals surface area contributed by atoms with Gasteiger partial charge in [-0.05, 0) is 6.42 Å². The molecule has 0 amide bonds. The summed E-state index contributed by atoms with van der Waals surface area (Å²) in [5.41, 5.74) is 0. The summed E-state index contributed by atoms with van der Waals surface area (Å²) in [6, 6.07) is 0. The van der Waals surface area contributed by atoms with Crippen molar-refractivity contribution in [2.75, 3.05) is 65.7 Å². The van der Waals surface area contributed by atoms with E-state index in [1.54, 1.807) is 14.7 Å². The maximum Gasteiger partial charge on any atom is 0.317 e. The second kappa shape index (κ2) is 10.9. The summed E-state index contributed by atoms with van der Waals surface area (Å²) < 4.78 is 5.44. The summed E-state index contributed by atoms with van der Waals surface area (Å²) in [6.45, 7) is 2.17. The van der Waals surface area contributed by atoms with Crippen molar-refractivity contribution in [2.45, 2.75) is 6.42 Å². The molecule has 1 heterocycles. The monoisotopic (exact) mass is 347 g/mol. The minimum Gasteiger partial charge on any atom is -0.480 e. The summed E-state index contributed by atoms with van der Waals surface area (Å²) in [4.78, 5) is 37.8. The lowest BCUT2D eigenvalue weighted by Crippen LogP contribution is -2.45. The molecule has 0 unspecified atom stereocenters. The first-order valence-electron chi connectivity index (χ1n) is 7.77. The van der Waals surface area contributed by atoms with Crippen LogP contribution in [0.1, 0.15) is 6.42 Å². The minimum absolute atomic E-state index is 0.105. The highest BCUT2D eigenvalue weighted by Crippen LogP contribution is 2.00. The van der Waals surface area contributed by atoms with E-state index in [0.717, 1.165) is 0 Å². The smallest absolute Gasteiger partial charge is 0.317 e. The maximum atomic E-state index is 11.0. The lowest BCUT2D eigenvalue weighted by atomic mass is 10.3. The van der Waals surface area contributed by atoms with Gasteiger partial charge in [-0.1, -0.05) is 0 Å². The number of carboxylic acids is 3. The fraction of sp³-hybridized carbons (Fsp3) is 0.786. The van der Waals surface area contributed by atoms with Gasteiger partial charge in [-0.15, -0.1) is 0 Å². The standard InChI is InChI=1S/C14H25N3O7/c18-12(19)8-15-2-1-7-24-11-17(10-14(22)23)6-5-16(4-3-15)9-13(20)21/h1-11H2,(H,18,19)(H,20,21)(H,22,23). The molecule has 1 fully saturated rings. The lowest BCUT2D eigenvalue weighted by molar-refractivity contribution is -0.141. The van der Waals surface area contributed by atoms with Crippen molar-refractivity contribution in [1.29, 1.82) is 0 Å². The molecule has 10 nitrogen and oxygen atoms in total. The van der Waals surface area contributed by atoms with Crippen LogP contribution in [0.15, 0.2) is 0 Å². The number of carboxylic acid groups (broad SMARTS) is 3. The fourth-order valence-corrected chi connectivity index (χ4v) is 2.45. The van der Waals surface area contributed by atoms with Gasteiger partial charge in [-0.25, -0.2) is 0 Å². The predicted octanol–water partition coefficient (Wildman–Crippen LogP) is -1.48. The van der Waals surface area contributed by atoms with Crippen LogP contribution in [0.5, 0.6) is 0 Å². The molecule has 3 N–H and O–H groups in total. The second-order valence-electron chi connectivity index (χ2n) is 5.68. The number of rotatable bonds is 6. The quantitative estimate of drug-likeness (QED) is 0.523. The summed E-state index contributed by atoms with van der Waals surface area (Å²) in [6.07, 6.45) is 0.618. The molecule has 1 aliphatic heterocycles. The summed E-state index contributed by atoms with van der Waals surface area (Å²) in [7, 11) is 0. The third-order valence-corrected chi connectivity index (χ3v) is 3.58. The van der Waals surface area contributed by atoms with Crippen molar-refractivity contribution < 1.29 is 34.4 Å². The summed E-state index contributed by atoms with van der Waals surface area (Å²) in [5.74, 6) is -2.88. The van der Waals surface area contributed by atoms with Crippen molar-refractivity contribution in [2.24, 2.45) is 0 Å². The number of nitrogens with zero attached hydrogens (tertiary/aromatic N) is 3. The van der Waals surface area contributed by atoms with Crippen LogP contribution < -0.4 is 0 Å². The van der Waals surface area contributed by atoms with E-state index in [2.05, 4.69) is 0 Å². The molecule has 0 radical (unpaired) electrons. The highest BCUT2D eigenvalue weighted by Gasteiger charge is 2.17. The van der Waals surface area contributed by atoms with Crippen LogP contribution >= 0.6 is 0 Å². The van der Waals surface area contributed by atoms with E-state index in [0.29, 0.717) is 45.8 Å². The van der Waals surface area contributed by atoms with E-state index in [-0.39, 0.29) is 26.4 Å². The van der Waals surface area contributed by atoms with E-state index < -0.39 is 17.9 Å². The van der Waals surface area contributed by atoms with Gasteiger partial charge < -0.3 is 20.1 Å². The van der Waals surface area contributed by atoms with Gasteiger partial charge in [0.25, 0.3) is 0 Å². The van der Waals surface area contributed by atoms with E-state index in [1.807, 2.05) is 0 Å². The van der Waals surface area contributed by atoms with Gasteiger partial charge in [0.1, 0.15) is 0 Å². The summed E-state index contributed by atoms with van der Waals surface area (Å²) in [5, 5.41) is 26.9. The average Bonchev–Trinajstić information content (AvgIpc) is 2.45. The molecule has 1 saturated heterocycles. The van der Waals surface area contributed by atoms with E-state index in [4.69, 9.17) is 20.1 Å². The molecule has 0 spiro atoms. The topological polar surface area (TPSA) is 131 Å². The Morgan fingerprint density at radius 2 is 1.12 bits per heavy atom. The molecule has 138 valence electrons. The molecule has 0 aromatic carbocycles. The predicted molar refractivity (Wildman–Crippen MR) is 82.8 cm³/mol. The highest BCUT2D eigenvalue weighted by molar-refractivity contribution is 5.69. The van der Waals surface area contributed by atoms with Crippen molar-refractivity contribution in [3.8, 4) is 0 Å². The van der Waals surface area contributed by atoms with Gasteiger partial charge in [0.2, 0.25) is 0 Å². The maximum absolute atomic E-state index is 11.0. The molecular formula is C14H25N3O7. The number of ether oxygens (including phenoxy) is 1. The Bertz CT molecular complexity index is 403. The van der Waals surface area contributed by atoms with Gasteiger partial charge in [-0.2, -0.15) is 0 Å². The van der Waals surface area contributed by atoms with Crippen molar-refractivity contribution in [3.63, 3.8) is 0 Å². The second-order valence-corrected chi connectivity index (χ2v) is 5.68. The zero-order valence-corrected chi connectivity index (χ0v) is 13.6. The molecule has 1 aliphatic rings. The fourth-order valence-electron chi connectivity index (χ4n) is 2.45. The molecular weight excluding hydrogens is 322 g/mol. The zero-order valence-electron chi connectivity index (χ0n) is 13.6. The molecule has 0 bridgehead atoms. The molecule has 0 aromatic rings. The highest BCUT2D eigenvalue weighted by atomic mass is 16.5. The molecule has 24 heavy (non-hydrogen) atoms. The Morgan fingerprint density at radius 3 is 1.62 bits per heavy atom. The molecule has 1 rings (SSSR count). The number of hydrogen-bond donors (Lipinski definition) is 3. The Hall–Kier alpha value is -1.75. The Labute approximate surface area is 140 Å². The van der Waals surface area contributed by atoms with Crippen LogP contribution in [0, 0.1) is 0 Å². The normalized spacial score (nSPS) is 20.0. The summed E-state index contributed by atoms with van der Waals surface area (Å²) >= 11 is 0. The largest absolute Gasteiger partial charge is 0.480 e. The van der Waals surface area contributed by atoms with Crippen molar-refractivity contribution >= 4 is 17.9 Å². The molecule has 0 aromatic heterocycles. The Kier molecular flexibility index (Phi) is 9.23. The van der Waals surface area contributed by atoms with Crippen LogP contribution in [-0.2, 0) is 19.1 Å². The van der Waals surface area contributed by atoms with E-state index >= 15 is 0 Å². The molecule has 10 heteroatoms.